The first kappa shape index (κ1) is 21.3. The van der Waals surface area contributed by atoms with Gasteiger partial charge in [0.15, 0.2) is 17.5 Å². The quantitative estimate of drug-likeness (QED) is 0.372. The molecule has 2 aromatic carbocycles. The Morgan fingerprint density at radius 2 is 1.68 bits per heavy atom. The highest BCUT2D eigenvalue weighted by molar-refractivity contribution is 5.79. The standard InChI is InChI=1S/C21H28FN3O3/c1-23-21(24-12-4-14-28-18-8-6-17(22)7-9-18)25-13-11-16-5-10-19(26-2)20(15-16)27-3/h5-10,15H,4,11-14H2,1-3H3,(H2,23,24,25). The molecule has 0 radical (unpaired) electrons. The predicted octanol–water partition coefficient (Wildman–Crippen LogP) is 3.02. The lowest BCUT2D eigenvalue weighted by molar-refractivity contribution is 0.310. The van der Waals surface area contributed by atoms with Crippen LogP contribution >= 0.6 is 0 Å². The van der Waals surface area contributed by atoms with E-state index < -0.39 is 0 Å². The summed E-state index contributed by atoms with van der Waals surface area (Å²) in [6, 6.07) is 11.9. The predicted molar refractivity (Wildman–Crippen MR) is 109 cm³/mol. The van der Waals surface area contributed by atoms with Crippen LogP contribution < -0.4 is 24.8 Å². The van der Waals surface area contributed by atoms with Crippen molar-refractivity contribution in [2.75, 3.05) is 41.0 Å². The molecule has 0 aliphatic heterocycles. The second-order valence-electron chi connectivity index (χ2n) is 6.02. The first-order valence-electron chi connectivity index (χ1n) is 9.20. The van der Waals surface area contributed by atoms with Gasteiger partial charge in [0.2, 0.25) is 0 Å². The number of benzene rings is 2. The van der Waals surface area contributed by atoms with Crippen LogP contribution in [0.15, 0.2) is 47.5 Å². The van der Waals surface area contributed by atoms with Gasteiger partial charge in [-0.2, -0.15) is 0 Å². The fourth-order valence-corrected chi connectivity index (χ4v) is 2.58. The average molecular weight is 389 g/mol. The van der Waals surface area contributed by atoms with E-state index in [0.29, 0.717) is 12.4 Å². The Hall–Kier alpha value is -2.96. The second kappa shape index (κ2) is 11.7. The molecule has 2 aromatic rings. The van der Waals surface area contributed by atoms with Gasteiger partial charge in [0.1, 0.15) is 11.6 Å². The molecule has 0 aromatic heterocycles. The van der Waals surface area contributed by atoms with E-state index >= 15 is 0 Å². The monoisotopic (exact) mass is 389 g/mol. The summed E-state index contributed by atoms with van der Waals surface area (Å²) < 4.78 is 29.0. The van der Waals surface area contributed by atoms with Gasteiger partial charge in [-0.25, -0.2) is 4.39 Å². The van der Waals surface area contributed by atoms with E-state index in [1.165, 1.54) is 12.1 Å². The molecule has 152 valence electrons. The van der Waals surface area contributed by atoms with Gasteiger partial charge >= 0.3 is 0 Å². The summed E-state index contributed by atoms with van der Waals surface area (Å²) in [5.41, 5.74) is 1.15. The summed E-state index contributed by atoms with van der Waals surface area (Å²) in [7, 11) is 4.99. The van der Waals surface area contributed by atoms with Gasteiger partial charge < -0.3 is 24.8 Å². The number of nitrogens with one attached hydrogen (secondary N) is 2. The zero-order valence-electron chi connectivity index (χ0n) is 16.6. The molecular formula is C21H28FN3O3. The number of guanidine groups is 1. The zero-order valence-corrected chi connectivity index (χ0v) is 16.6. The Morgan fingerprint density at radius 1 is 0.964 bits per heavy atom. The second-order valence-corrected chi connectivity index (χ2v) is 6.02. The normalized spacial score (nSPS) is 11.1. The highest BCUT2D eigenvalue weighted by atomic mass is 19.1. The Bertz CT molecular complexity index is 751. The van der Waals surface area contributed by atoms with E-state index in [2.05, 4.69) is 15.6 Å². The molecule has 7 heteroatoms. The lowest BCUT2D eigenvalue weighted by Gasteiger charge is -2.13. The maximum absolute atomic E-state index is 12.8. The molecule has 0 fully saturated rings. The molecule has 28 heavy (non-hydrogen) atoms. The number of nitrogens with zero attached hydrogens (tertiary/aromatic N) is 1. The Labute approximate surface area is 165 Å². The van der Waals surface area contributed by atoms with E-state index in [4.69, 9.17) is 14.2 Å². The van der Waals surface area contributed by atoms with Crippen LogP contribution in [-0.2, 0) is 6.42 Å². The van der Waals surface area contributed by atoms with Gasteiger partial charge in [-0.15, -0.1) is 0 Å². The number of hydrogen-bond acceptors (Lipinski definition) is 4. The maximum atomic E-state index is 12.8. The van der Waals surface area contributed by atoms with Crippen LogP contribution in [0.3, 0.4) is 0 Å². The summed E-state index contributed by atoms with van der Waals surface area (Å²) in [5.74, 6) is 2.58. The van der Waals surface area contributed by atoms with Crippen molar-refractivity contribution < 1.29 is 18.6 Å². The number of rotatable bonds is 10. The molecule has 0 bridgehead atoms. The van der Waals surface area contributed by atoms with E-state index in [0.717, 1.165) is 49.0 Å². The molecule has 0 saturated carbocycles. The van der Waals surface area contributed by atoms with Gasteiger partial charge in [0.25, 0.3) is 0 Å². The van der Waals surface area contributed by atoms with E-state index in [-0.39, 0.29) is 5.82 Å². The third-order valence-corrected chi connectivity index (χ3v) is 4.07. The third kappa shape index (κ3) is 6.98. The summed E-state index contributed by atoms with van der Waals surface area (Å²) in [6.07, 6.45) is 1.63. The summed E-state index contributed by atoms with van der Waals surface area (Å²) >= 11 is 0. The molecule has 0 heterocycles. The fourth-order valence-electron chi connectivity index (χ4n) is 2.58. The van der Waals surface area contributed by atoms with Gasteiger partial charge in [-0.1, -0.05) is 6.07 Å². The lowest BCUT2D eigenvalue weighted by atomic mass is 10.1. The first-order chi connectivity index (χ1) is 13.7. The minimum atomic E-state index is -0.267. The molecule has 0 atom stereocenters. The van der Waals surface area contributed by atoms with Crippen LogP contribution in [0.25, 0.3) is 0 Å². The molecule has 2 N–H and O–H groups in total. The summed E-state index contributed by atoms with van der Waals surface area (Å²) in [4.78, 5) is 4.21. The maximum Gasteiger partial charge on any atom is 0.190 e. The Balaban J connectivity index is 1.65. The van der Waals surface area contributed by atoms with Crippen LogP contribution in [0.5, 0.6) is 17.2 Å². The largest absolute Gasteiger partial charge is 0.494 e. The SMILES string of the molecule is CN=C(NCCCOc1ccc(F)cc1)NCCc1ccc(OC)c(OC)c1. The molecule has 0 aliphatic carbocycles. The van der Waals surface area contributed by atoms with Gasteiger partial charge in [-0.3, -0.25) is 4.99 Å². The highest BCUT2D eigenvalue weighted by Gasteiger charge is 2.05. The topological polar surface area (TPSA) is 64.1 Å². The molecule has 0 spiro atoms. The van der Waals surface area contributed by atoms with E-state index in [9.17, 15) is 4.39 Å². The average Bonchev–Trinajstić information content (AvgIpc) is 2.73. The number of hydrogen-bond donors (Lipinski definition) is 2. The van der Waals surface area contributed by atoms with E-state index in [1.54, 1.807) is 33.4 Å². The fraction of sp³-hybridized carbons (Fsp3) is 0.381. The van der Waals surface area contributed by atoms with Crippen molar-refractivity contribution in [2.24, 2.45) is 4.99 Å². The Kier molecular flexibility index (Phi) is 8.91. The molecular weight excluding hydrogens is 361 g/mol. The summed E-state index contributed by atoms with van der Waals surface area (Å²) in [5, 5.41) is 6.53. The Morgan fingerprint density at radius 3 is 2.36 bits per heavy atom. The van der Waals surface area contributed by atoms with Crippen molar-refractivity contribution >= 4 is 5.96 Å². The molecule has 0 aliphatic rings. The van der Waals surface area contributed by atoms with Crippen molar-refractivity contribution in [3.05, 3.63) is 53.8 Å². The van der Waals surface area contributed by atoms with Crippen LogP contribution in [0.1, 0.15) is 12.0 Å². The molecule has 2 rings (SSSR count). The van der Waals surface area contributed by atoms with Crippen molar-refractivity contribution in [1.29, 1.82) is 0 Å². The number of aliphatic imine (C=N–C) groups is 1. The number of ether oxygens (including phenoxy) is 3. The van der Waals surface area contributed by atoms with Crippen molar-refractivity contribution in [3.63, 3.8) is 0 Å². The molecule has 0 unspecified atom stereocenters. The van der Waals surface area contributed by atoms with Crippen LogP contribution in [0, 0.1) is 5.82 Å². The lowest BCUT2D eigenvalue weighted by Crippen LogP contribution is -2.39. The smallest absolute Gasteiger partial charge is 0.190 e. The molecule has 6 nitrogen and oxygen atoms in total. The highest BCUT2D eigenvalue weighted by Crippen LogP contribution is 2.27. The first-order valence-corrected chi connectivity index (χ1v) is 9.20. The summed E-state index contributed by atoms with van der Waals surface area (Å²) in [6.45, 7) is 2.00. The minimum absolute atomic E-state index is 0.267. The minimum Gasteiger partial charge on any atom is -0.494 e. The van der Waals surface area contributed by atoms with Gasteiger partial charge in [0.05, 0.1) is 20.8 Å². The number of methoxy groups -OCH3 is 2. The van der Waals surface area contributed by atoms with Crippen LogP contribution in [0.4, 0.5) is 4.39 Å². The van der Waals surface area contributed by atoms with Crippen molar-refractivity contribution in [3.8, 4) is 17.2 Å². The van der Waals surface area contributed by atoms with Crippen molar-refractivity contribution in [1.82, 2.24) is 10.6 Å². The molecule has 0 amide bonds. The van der Waals surface area contributed by atoms with Gasteiger partial charge in [-0.05, 0) is 54.8 Å². The van der Waals surface area contributed by atoms with Crippen molar-refractivity contribution in [2.45, 2.75) is 12.8 Å². The third-order valence-electron chi connectivity index (χ3n) is 4.07. The number of halogens is 1. The van der Waals surface area contributed by atoms with Crippen LogP contribution in [-0.4, -0.2) is 46.9 Å². The van der Waals surface area contributed by atoms with E-state index in [1.807, 2.05) is 18.2 Å². The van der Waals surface area contributed by atoms with Gasteiger partial charge in [0, 0.05) is 20.1 Å². The molecule has 0 saturated heterocycles. The zero-order chi connectivity index (χ0) is 20.2. The van der Waals surface area contributed by atoms with Crippen LogP contribution in [0.2, 0.25) is 0 Å².